The zero-order chi connectivity index (χ0) is 13.1. The first kappa shape index (κ1) is 12.6. The molecule has 0 bridgehead atoms. The van der Waals surface area contributed by atoms with Crippen LogP contribution >= 0.6 is 11.8 Å². The first-order valence-corrected chi connectivity index (χ1v) is 7.66. The molecule has 1 N–H and O–H groups in total. The van der Waals surface area contributed by atoms with Crippen LogP contribution in [0.5, 0.6) is 0 Å². The lowest BCUT2D eigenvalue weighted by molar-refractivity contribution is -0.119. The van der Waals surface area contributed by atoms with Crippen molar-refractivity contribution in [2.75, 3.05) is 18.1 Å². The number of Topliss-reactive ketones (excluding diaryl/α,β-unsaturated/α-hetero) is 1. The maximum atomic E-state index is 12.3. The summed E-state index contributed by atoms with van der Waals surface area (Å²) >= 11 is 1.85. The fourth-order valence-corrected chi connectivity index (χ4v) is 3.36. The number of carbonyl (C=O) groups excluding carboxylic acids is 1. The molecule has 0 aliphatic carbocycles. The van der Waals surface area contributed by atoms with Crippen molar-refractivity contribution in [3.63, 3.8) is 0 Å². The molecule has 0 amide bonds. The number of thioether (sulfide) groups is 1. The van der Waals surface area contributed by atoms with Gasteiger partial charge in [0.05, 0.1) is 11.6 Å². The number of benzene rings is 1. The van der Waals surface area contributed by atoms with E-state index in [9.17, 15) is 4.79 Å². The summed E-state index contributed by atoms with van der Waals surface area (Å²) in [5.41, 5.74) is 2.03. The average molecular weight is 272 g/mol. The van der Waals surface area contributed by atoms with Crippen molar-refractivity contribution in [3.8, 4) is 0 Å². The van der Waals surface area contributed by atoms with Crippen molar-refractivity contribution in [1.29, 1.82) is 0 Å². The van der Waals surface area contributed by atoms with Crippen LogP contribution in [0.15, 0.2) is 36.5 Å². The Morgan fingerprint density at radius 1 is 1.37 bits per heavy atom. The molecule has 2 aromatic rings. The Morgan fingerprint density at radius 2 is 2.26 bits per heavy atom. The molecule has 1 aliphatic rings. The quantitative estimate of drug-likeness (QED) is 0.928. The van der Waals surface area contributed by atoms with E-state index in [1.54, 1.807) is 6.20 Å². The largest absolute Gasteiger partial charge is 0.306 e. The maximum Gasteiger partial charge on any atom is 0.154 e. The summed E-state index contributed by atoms with van der Waals surface area (Å²) in [5.74, 6) is 2.27. The number of nitrogens with zero attached hydrogens (tertiary/aromatic N) is 1. The van der Waals surface area contributed by atoms with Crippen LogP contribution in [0, 0.1) is 0 Å². The summed E-state index contributed by atoms with van der Waals surface area (Å²) in [6.45, 7) is 0.929. The molecule has 98 valence electrons. The Balaban J connectivity index is 1.82. The van der Waals surface area contributed by atoms with E-state index in [1.807, 2.05) is 42.1 Å². The molecule has 19 heavy (non-hydrogen) atoms. The molecule has 1 unspecified atom stereocenters. The lowest BCUT2D eigenvalue weighted by atomic mass is 10.0. The van der Waals surface area contributed by atoms with Gasteiger partial charge in [0.15, 0.2) is 5.78 Å². The fraction of sp³-hybridized carbons (Fsp3) is 0.333. The number of pyridine rings is 1. The molecular weight excluding hydrogens is 256 g/mol. The number of para-hydroxylation sites is 1. The molecule has 0 saturated carbocycles. The van der Waals surface area contributed by atoms with E-state index >= 15 is 0 Å². The van der Waals surface area contributed by atoms with Crippen molar-refractivity contribution < 1.29 is 4.79 Å². The lowest BCUT2D eigenvalue weighted by Gasteiger charge is -2.22. The minimum atomic E-state index is 0.00526. The van der Waals surface area contributed by atoms with E-state index in [-0.39, 0.29) is 11.8 Å². The summed E-state index contributed by atoms with van der Waals surface area (Å²) in [4.78, 5) is 16.6. The van der Waals surface area contributed by atoms with Crippen LogP contribution in [-0.4, -0.2) is 34.9 Å². The van der Waals surface area contributed by atoms with E-state index < -0.39 is 0 Å². The molecule has 0 spiro atoms. The third-order valence-electron chi connectivity index (χ3n) is 3.41. The zero-order valence-electron chi connectivity index (χ0n) is 10.6. The smallest absolute Gasteiger partial charge is 0.154 e. The zero-order valence-corrected chi connectivity index (χ0v) is 11.5. The van der Waals surface area contributed by atoms with Crippen molar-refractivity contribution >= 4 is 28.4 Å². The Bertz CT molecular complexity index is 588. The predicted octanol–water partition coefficient (Wildman–Crippen LogP) is 2.05. The van der Waals surface area contributed by atoms with E-state index in [4.69, 9.17) is 0 Å². The highest BCUT2D eigenvalue weighted by Crippen LogP contribution is 2.18. The molecule has 1 fully saturated rings. The third-order valence-corrected chi connectivity index (χ3v) is 4.48. The maximum absolute atomic E-state index is 12.3. The number of nitrogens with one attached hydrogen (secondary N) is 1. The van der Waals surface area contributed by atoms with E-state index in [0.29, 0.717) is 6.42 Å². The van der Waals surface area contributed by atoms with Gasteiger partial charge in [-0.05, 0) is 17.7 Å². The Morgan fingerprint density at radius 3 is 3.11 bits per heavy atom. The monoisotopic (exact) mass is 272 g/mol. The van der Waals surface area contributed by atoms with Gasteiger partial charge in [-0.2, -0.15) is 11.8 Å². The fourth-order valence-electron chi connectivity index (χ4n) is 2.39. The number of hydrogen-bond donors (Lipinski definition) is 1. The van der Waals surface area contributed by atoms with Gasteiger partial charge in [0.2, 0.25) is 0 Å². The summed E-state index contributed by atoms with van der Waals surface area (Å²) in [7, 11) is 0. The standard InChI is InChI=1S/C15H16N2OS/c18-15(14-10-19-8-7-17-14)9-11-5-6-16-13-4-2-1-3-12(11)13/h1-6,14,17H,7-10H2. The molecular formula is C15H16N2OS. The second kappa shape index (κ2) is 5.72. The lowest BCUT2D eigenvalue weighted by Crippen LogP contribution is -2.44. The Hall–Kier alpha value is -1.39. The minimum absolute atomic E-state index is 0.00526. The molecule has 4 heteroatoms. The first-order chi connectivity index (χ1) is 9.34. The second-order valence-corrected chi connectivity index (χ2v) is 5.86. The van der Waals surface area contributed by atoms with Crippen molar-refractivity contribution in [2.24, 2.45) is 0 Å². The minimum Gasteiger partial charge on any atom is -0.306 e. The van der Waals surface area contributed by atoms with Crippen LogP contribution in [0.3, 0.4) is 0 Å². The summed E-state index contributed by atoms with van der Waals surface area (Å²) in [5, 5.41) is 4.39. The highest BCUT2D eigenvalue weighted by atomic mass is 32.2. The Kier molecular flexibility index (Phi) is 3.80. The number of ketones is 1. The first-order valence-electron chi connectivity index (χ1n) is 6.51. The average Bonchev–Trinajstić information content (AvgIpc) is 2.48. The van der Waals surface area contributed by atoms with Gasteiger partial charge in [-0.1, -0.05) is 18.2 Å². The molecule has 1 aromatic carbocycles. The van der Waals surface area contributed by atoms with Gasteiger partial charge in [-0.25, -0.2) is 0 Å². The number of aromatic nitrogens is 1. The van der Waals surface area contributed by atoms with E-state index in [2.05, 4.69) is 10.3 Å². The molecule has 1 atom stereocenters. The number of rotatable bonds is 3. The third kappa shape index (κ3) is 2.80. The highest BCUT2D eigenvalue weighted by Gasteiger charge is 2.21. The van der Waals surface area contributed by atoms with Crippen molar-refractivity contribution in [2.45, 2.75) is 12.5 Å². The SMILES string of the molecule is O=C(Cc1ccnc2ccccc12)C1CSCCN1. The molecule has 1 aliphatic heterocycles. The van der Waals surface area contributed by atoms with Crippen molar-refractivity contribution in [3.05, 3.63) is 42.1 Å². The van der Waals surface area contributed by atoms with Crippen LogP contribution < -0.4 is 5.32 Å². The van der Waals surface area contributed by atoms with Gasteiger partial charge < -0.3 is 5.32 Å². The van der Waals surface area contributed by atoms with Gasteiger partial charge >= 0.3 is 0 Å². The molecule has 1 aromatic heterocycles. The topological polar surface area (TPSA) is 42.0 Å². The molecule has 1 saturated heterocycles. The van der Waals surface area contributed by atoms with Gasteiger partial charge in [0.1, 0.15) is 0 Å². The second-order valence-electron chi connectivity index (χ2n) is 4.71. The molecule has 3 rings (SSSR count). The van der Waals surface area contributed by atoms with Gasteiger partial charge in [0.25, 0.3) is 0 Å². The van der Waals surface area contributed by atoms with Crippen LogP contribution in [0.2, 0.25) is 0 Å². The van der Waals surface area contributed by atoms with Crippen LogP contribution in [0.1, 0.15) is 5.56 Å². The van der Waals surface area contributed by atoms with Gasteiger partial charge in [0, 0.05) is 36.1 Å². The van der Waals surface area contributed by atoms with Crippen LogP contribution in [0.4, 0.5) is 0 Å². The summed E-state index contributed by atoms with van der Waals surface area (Å²) < 4.78 is 0. The van der Waals surface area contributed by atoms with Crippen molar-refractivity contribution in [1.82, 2.24) is 10.3 Å². The van der Waals surface area contributed by atoms with Gasteiger partial charge in [-0.15, -0.1) is 0 Å². The number of carbonyl (C=O) groups is 1. The van der Waals surface area contributed by atoms with Crippen LogP contribution in [-0.2, 0) is 11.2 Å². The summed E-state index contributed by atoms with van der Waals surface area (Å²) in [6, 6.07) is 9.94. The number of fused-ring (bicyclic) bond motifs is 1. The molecule has 0 radical (unpaired) electrons. The predicted molar refractivity (Wildman–Crippen MR) is 79.6 cm³/mol. The van der Waals surface area contributed by atoms with E-state index in [0.717, 1.165) is 34.5 Å². The van der Waals surface area contributed by atoms with Gasteiger partial charge in [-0.3, -0.25) is 9.78 Å². The Labute approximate surface area is 116 Å². The summed E-state index contributed by atoms with van der Waals surface area (Å²) in [6.07, 6.45) is 2.27. The number of hydrogen-bond acceptors (Lipinski definition) is 4. The van der Waals surface area contributed by atoms with E-state index in [1.165, 1.54) is 0 Å². The normalized spacial score (nSPS) is 19.5. The highest BCUT2D eigenvalue weighted by molar-refractivity contribution is 7.99. The molecule has 2 heterocycles. The molecule has 3 nitrogen and oxygen atoms in total. The van der Waals surface area contributed by atoms with Crippen LogP contribution in [0.25, 0.3) is 10.9 Å².